The van der Waals surface area contributed by atoms with Gasteiger partial charge in [0, 0.05) is 56.6 Å². The van der Waals surface area contributed by atoms with Gasteiger partial charge in [0.2, 0.25) is 0 Å². The van der Waals surface area contributed by atoms with Gasteiger partial charge in [0.15, 0.2) is 0 Å². The molecule has 0 amide bonds. The average molecular weight is 358 g/mol. The first-order valence-corrected chi connectivity index (χ1v) is 10.1. The molecule has 0 spiro atoms. The fourth-order valence-electron chi connectivity index (χ4n) is 4.22. The number of rotatable bonds is 5. The van der Waals surface area contributed by atoms with Crippen molar-refractivity contribution >= 4 is 11.3 Å². The van der Waals surface area contributed by atoms with E-state index < -0.39 is 0 Å². The van der Waals surface area contributed by atoms with E-state index in [0.29, 0.717) is 18.2 Å². The maximum absolute atomic E-state index is 5.71. The smallest absolute Gasteiger partial charge is 0.0895 e. The monoisotopic (exact) mass is 357 g/mol. The molecular formula is C20H27N3OS. The molecular weight excluding hydrogens is 330 g/mol. The summed E-state index contributed by atoms with van der Waals surface area (Å²) in [5.74, 6) is 0. The van der Waals surface area contributed by atoms with Crippen LogP contribution < -0.4 is 0 Å². The van der Waals surface area contributed by atoms with Crippen molar-refractivity contribution in [1.29, 1.82) is 0 Å². The molecule has 2 fully saturated rings. The van der Waals surface area contributed by atoms with Crippen LogP contribution in [-0.2, 0) is 11.3 Å². The highest BCUT2D eigenvalue weighted by Gasteiger charge is 2.44. The fourth-order valence-corrected chi connectivity index (χ4v) is 5.17. The lowest BCUT2D eigenvalue weighted by atomic mass is 9.87. The molecule has 2 atom stereocenters. The summed E-state index contributed by atoms with van der Waals surface area (Å²) in [4.78, 5) is 11.0. The van der Waals surface area contributed by atoms with Crippen LogP contribution in [-0.4, -0.2) is 53.7 Å². The third-order valence-electron chi connectivity index (χ3n) is 5.81. The van der Waals surface area contributed by atoms with Crippen LogP contribution in [0.5, 0.6) is 0 Å². The number of aryl methyl sites for hydroxylation is 1. The van der Waals surface area contributed by atoms with Crippen LogP contribution in [0, 0.1) is 6.92 Å². The maximum Gasteiger partial charge on any atom is 0.0895 e. The Balaban J connectivity index is 1.36. The van der Waals surface area contributed by atoms with E-state index in [2.05, 4.69) is 45.3 Å². The van der Waals surface area contributed by atoms with Crippen LogP contribution in [0.15, 0.2) is 36.0 Å². The van der Waals surface area contributed by atoms with Crippen LogP contribution in [0.25, 0.3) is 0 Å². The van der Waals surface area contributed by atoms with E-state index in [1.54, 1.807) is 0 Å². The van der Waals surface area contributed by atoms with E-state index >= 15 is 0 Å². The van der Waals surface area contributed by atoms with Gasteiger partial charge in [-0.15, -0.1) is 11.3 Å². The summed E-state index contributed by atoms with van der Waals surface area (Å²) in [6.45, 7) is 6.78. The molecule has 4 nitrogen and oxygen atoms in total. The van der Waals surface area contributed by atoms with E-state index in [-0.39, 0.29) is 0 Å². The van der Waals surface area contributed by atoms with Crippen LogP contribution in [0.1, 0.15) is 34.9 Å². The Morgan fingerprint density at radius 3 is 2.60 bits per heavy atom. The van der Waals surface area contributed by atoms with E-state index in [1.807, 2.05) is 30.8 Å². The number of aromatic nitrogens is 1. The predicted molar refractivity (Wildman–Crippen MR) is 102 cm³/mol. The number of nitrogens with zero attached hydrogens (tertiary/aromatic N) is 3. The molecule has 5 heteroatoms. The first kappa shape index (κ1) is 17.2. The van der Waals surface area contributed by atoms with E-state index in [0.717, 1.165) is 13.1 Å². The summed E-state index contributed by atoms with van der Waals surface area (Å²) in [6, 6.07) is 7.57. The second kappa shape index (κ2) is 7.54. The number of hydrogen-bond acceptors (Lipinski definition) is 5. The van der Waals surface area contributed by atoms with Gasteiger partial charge in [0.1, 0.15) is 0 Å². The Labute approximate surface area is 154 Å². The third kappa shape index (κ3) is 3.51. The molecule has 0 saturated carbocycles. The molecule has 0 N–H and O–H groups in total. The lowest BCUT2D eigenvalue weighted by Gasteiger charge is -2.53. The summed E-state index contributed by atoms with van der Waals surface area (Å²) < 4.78 is 5.71. The summed E-state index contributed by atoms with van der Waals surface area (Å²) in [5, 5.41) is 2.21. The lowest BCUT2D eigenvalue weighted by Crippen LogP contribution is -2.60. The maximum atomic E-state index is 5.71. The zero-order valence-corrected chi connectivity index (χ0v) is 15.9. The minimum Gasteiger partial charge on any atom is -0.378 e. The lowest BCUT2D eigenvalue weighted by molar-refractivity contribution is -0.116. The number of methoxy groups -OCH3 is 1. The Bertz CT molecular complexity index is 681. The number of pyridine rings is 1. The number of piperidine rings is 1. The average Bonchev–Trinajstić information content (AvgIpc) is 3.02. The quantitative estimate of drug-likeness (QED) is 0.819. The van der Waals surface area contributed by atoms with Gasteiger partial charge in [-0.1, -0.05) is 0 Å². The van der Waals surface area contributed by atoms with E-state index in [1.165, 1.54) is 41.9 Å². The number of hydrogen-bond donors (Lipinski definition) is 0. The zero-order chi connectivity index (χ0) is 17.2. The molecule has 0 aromatic carbocycles. The molecule has 2 saturated heterocycles. The van der Waals surface area contributed by atoms with Crippen molar-refractivity contribution in [3.8, 4) is 0 Å². The van der Waals surface area contributed by atoms with Crippen LogP contribution in [0.3, 0.4) is 0 Å². The predicted octanol–water partition coefficient (Wildman–Crippen LogP) is 3.49. The van der Waals surface area contributed by atoms with Crippen molar-refractivity contribution in [3.05, 3.63) is 52.0 Å². The summed E-state index contributed by atoms with van der Waals surface area (Å²) in [5.41, 5.74) is 2.78. The van der Waals surface area contributed by atoms with Crippen LogP contribution in [0.4, 0.5) is 0 Å². The highest BCUT2D eigenvalue weighted by molar-refractivity contribution is 7.10. The van der Waals surface area contributed by atoms with Crippen LogP contribution in [0.2, 0.25) is 0 Å². The molecule has 2 aliphatic heterocycles. The molecule has 0 bridgehead atoms. The minimum absolute atomic E-state index is 0.314. The Morgan fingerprint density at radius 2 is 1.96 bits per heavy atom. The molecule has 4 rings (SSSR count). The Kier molecular flexibility index (Phi) is 5.17. The summed E-state index contributed by atoms with van der Waals surface area (Å²) in [6.07, 6.45) is 6.61. The number of likely N-dealkylation sites (tertiary alicyclic amines) is 2. The minimum atomic E-state index is 0.314. The second-order valence-corrected chi connectivity index (χ2v) is 8.23. The molecule has 0 aliphatic carbocycles. The largest absolute Gasteiger partial charge is 0.378 e. The molecule has 2 aromatic heterocycles. The highest BCUT2D eigenvalue weighted by Crippen LogP contribution is 2.39. The van der Waals surface area contributed by atoms with Gasteiger partial charge in [-0.2, -0.15) is 0 Å². The molecule has 134 valence electrons. The SMILES string of the molecule is CO[C@H]1CN(C2CCN(Cc3sccc3C)CC2)[C@H]1c1ccncc1. The van der Waals surface area contributed by atoms with Crippen molar-refractivity contribution in [2.75, 3.05) is 26.7 Å². The van der Waals surface area contributed by atoms with Gasteiger partial charge in [-0.3, -0.25) is 14.8 Å². The van der Waals surface area contributed by atoms with Gasteiger partial charge >= 0.3 is 0 Å². The molecule has 25 heavy (non-hydrogen) atoms. The van der Waals surface area contributed by atoms with Crippen molar-refractivity contribution in [3.63, 3.8) is 0 Å². The van der Waals surface area contributed by atoms with Gasteiger partial charge in [-0.05, 0) is 54.5 Å². The molecule has 4 heterocycles. The first-order chi connectivity index (χ1) is 12.3. The fraction of sp³-hybridized carbons (Fsp3) is 0.550. The van der Waals surface area contributed by atoms with Crippen molar-refractivity contribution in [1.82, 2.24) is 14.8 Å². The third-order valence-corrected chi connectivity index (χ3v) is 6.82. The standard InChI is InChI=1S/C20H27N3OS/c1-15-7-12-25-19(15)14-22-10-5-17(6-11-22)23-13-18(24-2)20(23)16-3-8-21-9-4-16/h3-4,7-9,12,17-18,20H,5-6,10-11,13-14H2,1-2H3/t18-,20-/m0/s1. The van der Waals surface area contributed by atoms with Crippen molar-refractivity contribution in [2.24, 2.45) is 0 Å². The first-order valence-electron chi connectivity index (χ1n) is 9.20. The molecule has 0 radical (unpaired) electrons. The zero-order valence-electron chi connectivity index (χ0n) is 15.1. The highest BCUT2D eigenvalue weighted by atomic mass is 32.1. The van der Waals surface area contributed by atoms with E-state index in [9.17, 15) is 0 Å². The number of thiophene rings is 1. The summed E-state index contributed by atoms with van der Waals surface area (Å²) in [7, 11) is 1.84. The van der Waals surface area contributed by atoms with Gasteiger partial charge in [-0.25, -0.2) is 0 Å². The molecule has 2 aromatic rings. The van der Waals surface area contributed by atoms with E-state index in [4.69, 9.17) is 4.74 Å². The van der Waals surface area contributed by atoms with Gasteiger partial charge in [0.25, 0.3) is 0 Å². The molecule has 0 unspecified atom stereocenters. The normalized spacial score (nSPS) is 25.8. The molecule has 2 aliphatic rings. The number of ether oxygens (including phenoxy) is 1. The van der Waals surface area contributed by atoms with Crippen LogP contribution >= 0.6 is 11.3 Å². The Hall–Kier alpha value is -1.27. The Morgan fingerprint density at radius 1 is 1.20 bits per heavy atom. The second-order valence-electron chi connectivity index (χ2n) is 7.23. The van der Waals surface area contributed by atoms with Crippen molar-refractivity contribution < 1.29 is 4.74 Å². The van der Waals surface area contributed by atoms with Crippen molar-refractivity contribution in [2.45, 2.75) is 44.5 Å². The van der Waals surface area contributed by atoms with Gasteiger partial charge in [0.05, 0.1) is 12.1 Å². The van der Waals surface area contributed by atoms with Gasteiger partial charge < -0.3 is 4.74 Å². The summed E-state index contributed by atoms with van der Waals surface area (Å²) >= 11 is 1.89. The topological polar surface area (TPSA) is 28.6 Å².